The summed E-state index contributed by atoms with van der Waals surface area (Å²) < 4.78 is 5.45. The van der Waals surface area contributed by atoms with Crippen molar-refractivity contribution in [3.05, 3.63) is 60.3 Å². The molecule has 0 spiro atoms. The summed E-state index contributed by atoms with van der Waals surface area (Å²) in [5.41, 5.74) is 2.54. The van der Waals surface area contributed by atoms with Crippen LogP contribution in [-0.2, 0) is 4.79 Å². The minimum Gasteiger partial charge on any atom is -0.495 e. The molecule has 1 fully saturated rings. The number of carbonyl (C=O) groups is 2. The van der Waals surface area contributed by atoms with Crippen molar-refractivity contribution in [2.75, 3.05) is 51.8 Å². The molecule has 2 aromatic carbocycles. The summed E-state index contributed by atoms with van der Waals surface area (Å²) in [4.78, 5) is 34.3. The fourth-order valence-electron chi connectivity index (χ4n) is 3.92. The molecule has 4 rings (SSSR count). The van der Waals surface area contributed by atoms with Gasteiger partial charge in [0.05, 0.1) is 24.9 Å². The number of hydrogen-bond acceptors (Lipinski definition) is 4. The van der Waals surface area contributed by atoms with E-state index < -0.39 is 0 Å². The van der Waals surface area contributed by atoms with Gasteiger partial charge in [0, 0.05) is 50.3 Å². The fourth-order valence-corrected chi connectivity index (χ4v) is 3.92. The predicted octanol–water partition coefficient (Wildman–Crippen LogP) is 2.60. The minimum atomic E-state index is -0.159. The quantitative estimate of drug-likeness (QED) is 0.707. The van der Waals surface area contributed by atoms with Crippen molar-refractivity contribution in [1.29, 1.82) is 0 Å². The minimum absolute atomic E-state index is 0.0367. The van der Waals surface area contributed by atoms with Crippen molar-refractivity contribution < 1.29 is 14.3 Å². The van der Waals surface area contributed by atoms with Crippen LogP contribution in [0.15, 0.2) is 54.7 Å². The molecule has 3 aromatic rings. The highest BCUT2D eigenvalue weighted by molar-refractivity contribution is 6.07. The number of piperazine rings is 1. The van der Waals surface area contributed by atoms with Crippen LogP contribution in [0, 0.1) is 0 Å². The van der Waals surface area contributed by atoms with Crippen molar-refractivity contribution in [1.82, 2.24) is 14.8 Å². The summed E-state index contributed by atoms with van der Waals surface area (Å²) >= 11 is 0. The molecule has 1 aromatic heterocycles. The van der Waals surface area contributed by atoms with Crippen LogP contribution in [0.4, 0.5) is 5.69 Å². The highest BCUT2D eigenvalue weighted by Crippen LogP contribution is 2.28. The van der Waals surface area contributed by atoms with Crippen LogP contribution in [0.5, 0.6) is 5.75 Å². The zero-order valence-electron chi connectivity index (χ0n) is 17.3. The normalized spacial score (nSPS) is 14.1. The Morgan fingerprint density at radius 1 is 1.03 bits per heavy atom. The smallest absolute Gasteiger partial charge is 0.256 e. The lowest BCUT2D eigenvalue weighted by atomic mass is 10.1. The van der Waals surface area contributed by atoms with Crippen molar-refractivity contribution >= 4 is 28.4 Å². The third kappa shape index (κ3) is 3.83. The zero-order chi connectivity index (χ0) is 21.1. The fraction of sp³-hybridized carbons (Fsp3) is 0.304. The lowest BCUT2D eigenvalue weighted by Crippen LogP contribution is -2.51. The van der Waals surface area contributed by atoms with Gasteiger partial charge in [-0.3, -0.25) is 9.59 Å². The van der Waals surface area contributed by atoms with E-state index in [4.69, 9.17) is 4.74 Å². The summed E-state index contributed by atoms with van der Waals surface area (Å²) in [6, 6.07) is 15.6. The van der Waals surface area contributed by atoms with Gasteiger partial charge >= 0.3 is 0 Å². The number of nitrogens with zero attached hydrogens (tertiary/aromatic N) is 3. The van der Waals surface area contributed by atoms with Gasteiger partial charge in [0.25, 0.3) is 5.91 Å². The van der Waals surface area contributed by atoms with Crippen molar-refractivity contribution in [2.24, 2.45) is 0 Å². The Morgan fingerprint density at radius 3 is 2.50 bits per heavy atom. The zero-order valence-corrected chi connectivity index (χ0v) is 17.3. The summed E-state index contributed by atoms with van der Waals surface area (Å²) in [6.07, 6.45) is 1.71. The number of ether oxygens (including phenoxy) is 1. The van der Waals surface area contributed by atoms with Gasteiger partial charge in [0.15, 0.2) is 0 Å². The summed E-state index contributed by atoms with van der Waals surface area (Å²) in [5.74, 6) is 0.639. The van der Waals surface area contributed by atoms with E-state index in [0.29, 0.717) is 18.7 Å². The Labute approximate surface area is 175 Å². The lowest BCUT2D eigenvalue weighted by molar-refractivity contribution is -0.131. The molecule has 7 heteroatoms. The van der Waals surface area contributed by atoms with E-state index in [0.717, 1.165) is 35.4 Å². The maximum atomic E-state index is 12.9. The number of likely N-dealkylation sites (N-methyl/N-ethyl adjacent to an activating group) is 1. The van der Waals surface area contributed by atoms with Gasteiger partial charge < -0.3 is 24.4 Å². The number of methoxy groups -OCH3 is 1. The molecule has 0 saturated carbocycles. The first-order valence-corrected chi connectivity index (χ1v) is 10.1. The average Bonchev–Trinajstić information content (AvgIpc) is 3.22. The van der Waals surface area contributed by atoms with Gasteiger partial charge in [0.2, 0.25) is 5.91 Å². The maximum Gasteiger partial charge on any atom is 0.256 e. The lowest BCUT2D eigenvalue weighted by Gasteiger charge is -2.37. The van der Waals surface area contributed by atoms with Crippen molar-refractivity contribution in [3.63, 3.8) is 0 Å². The number of rotatable bonds is 5. The molecule has 1 aliphatic rings. The highest BCUT2D eigenvalue weighted by atomic mass is 16.5. The number of anilines is 1. The molecule has 7 nitrogen and oxygen atoms in total. The molecule has 1 aliphatic heterocycles. The van der Waals surface area contributed by atoms with Gasteiger partial charge in [-0.05, 0) is 18.2 Å². The van der Waals surface area contributed by atoms with E-state index in [-0.39, 0.29) is 18.4 Å². The van der Waals surface area contributed by atoms with E-state index >= 15 is 0 Å². The van der Waals surface area contributed by atoms with Crippen LogP contribution in [0.3, 0.4) is 0 Å². The molecule has 0 aliphatic carbocycles. The Balaban J connectivity index is 1.36. The first-order valence-electron chi connectivity index (χ1n) is 10.1. The maximum absolute atomic E-state index is 12.9. The number of aromatic amines is 1. The number of amides is 2. The SMILES string of the molecule is COc1ccccc1N1CCN(C(=O)CN(C)C(=O)c2c[nH]c3ccccc23)CC1. The molecule has 0 atom stereocenters. The number of nitrogens with one attached hydrogen (secondary N) is 1. The first kappa shape index (κ1) is 19.8. The summed E-state index contributed by atoms with van der Waals surface area (Å²) in [5, 5.41) is 0.868. The van der Waals surface area contributed by atoms with Gasteiger partial charge in [-0.15, -0.1) is 0 Å². The predicted molar refractivity (Wildman–Crippen MR) is 117 cm³/mol. The van der Waals surface area contributed by atoms with Crippen LogP contribution in [-0.4, -0.2) is 73.5 Å². The number of para-hydroxylation sites is 3. The van der Waals surface area contributed by atoms with Crippen molar-refractivity contribution in [2.45, 2.75) is 0 Å². The van der Waals surface area contributed by atoms with Gasteiger partial charge in [-0.1, -0.05) is 30.3 Å². The van der Waals surface area contributed by atoms with Crippen LogP contribution in [0.25, 0.3) is 10.9 Å². The van der Waals surface area contributed by atoms with Gasteiger partial charge in [-0.2, -0.15) is 0 Å². The molecule has 2 heterocycles. The number of aromatic nitrogens is 1. The van der Waals surface area contributed by atoms with E-state index in [1.54, 1.807) is 20.4 Å². The number of benzene rings is 2. The molecule has 1 N–H and O–H groups in total. The Kier molecular flexibility index (Phi) is 5.61. The van der Waals surface area contributed by atoms with Crippen LogP contribution in [0.1, 0.15) is 10.4 Å². The van der Waals surface area contributed by atoms with E-state index in [9.17, 15) is 9.59 Å². The molecule has 0 radical (unpaired) electrons. The number of H-pyrrole nitrogens is 1. The third-order valence-corrected chi connectivity index (χ3v) is 5.60. The van der Waals surface area contributed by atoms with E-state index in [1.807, 2.05) is 53.4 Å². The van der Waals surface area contributed by atoms with Crippen LogP contribution >= 0.6 is 0 Å². The monoisotopic (exact) mass is 406 g/mol. The molecule has 0 bridgehead atoms. The third-order valence-electron chi connectivity index (χ3n) is 5.60. The number of fused-ring (bicyclic) bond motifs is 1. The standard InChI is InChI=1S/C23H26N4O3/c1-25(23(29)18-15-24-19-8-4-3-7-17(18)19)16-22(28)27-13-11-26(12-14-27)20-9-5-6-10-21(20)30-2/h3-10,15,24H,11-14,16H2,1-2H3. The molecular weight excluding hydrogens is 380 g/mol. The van der Waals surface area contributed by atoms with Crippen LogP contribution < -0.4 is 9.64 Å². The molecular formula is C23H26N4O3. The largest absolute Gasteiger partial charge is 0.495 e. The Bertz CT molecular complexity index is 1050. The summed E-state index contributed by atoms with van der Waals surface area (Å²) in [6.45, 7) is 2.75. The summed E-state index contributed by atoms with van der Waals surface area (Å²) in [7, 11) is 3.34. The highest BCUT2D eigenvalue weighted by Gasteiger charge is 2.25. The second kappa shape index (κ2) is 8.49. The molecule has 2 amide bonds. The van der Waals surface area contributed by atoms with Crippen LogP contribution in [0.2, 0.25) is 0 Å². The van der Waals surface area contributed by atoms with Gasteiger partial charge in [0.1, 0.15) is 5.75 Å². The first-order chi connectivity index (χ1) is 14.6. The number of carbonyl (C=O) groups excluding carboxylic acids is 2. The van der Waals surface area contributed by atoms with Gasteiger partial charge in [-0.25, -0.2) is 0 Å². The Morgan fingerprint density at radius 2 is 1.73 bits per heavy atom. The van der Waals surface area contributed by atoms with E-state index in [2.05, 4.69) is 9.88 Å². The van der Waals surface area contributed by atoms with Crippen molar-refractivity contribution in [3.8, 4) is 5.75 Å². The molecule has 1 saturated heterocycles. The average molecular weight is 406 g/mol. The topological polar surface area (TPSA) is 68.9 Å². The number of hydrogen-bond donors (Lipinski definition) is 1. The van der Waals surface area contributed by atoms with E-state index in [1.165, 1.54) is 4.90 Å². The molecule has 0 unspecified atom stereocenters. The Hall–Kier alpha value is -3.48. The second-order valence-corrected chi connectivity index (χ2v) is 7.45. The molecule has 30 heavy (non-hydrogen) atoms. The molecule has 156 valence electrons. The second-order valence-electron chi connectivity index (χ2n) is 7.45.